The highest BCUT2D eigenvalue weighted by Gasteiger charge is 2.17. The average Bonchev–Trinajstić information content (AvgIpc) is 2.15. The van der Waals surface area contributed by atoms with E-state index in [0.29, 0.717) is 0 Å². The molecule has 0 amide bonds. The molecule has 0 spiro atoms. The number of thioether (sulfide) groups is 1. The Kier molecular flexibility index (Phi) is 5.77. The topological polar surface area (TPSA) is 24.5 Å². The van der Waals surface area contributed by atoms with Crippen LogP contribution in [0.5, 0.6) is 0 Å². The molecule has 0 aromatic carbocycles. The zero-order chi connectivity index (χ0) is 10.4. The zero-order valence-electron chi connectivity index (χ0n) is 8.78. The molecule has 0 radical (unpaired) electrons. The fourth-order valence-electron chi connectivity index (χ4n) is 1.23. The molecule has 5 heteroatoms. The van der Waals surface area contributed by atoms with Crippen LogP contribution in [0.4, 0.5) is 0 Å². The van der Waals surface area contributed by atoms with Gasteiger partial charge in [-0.05, 0) is 19.2 Å². The summed E-state index contributed by atoms with van der Waals surface area (Å²) < 4.78 is 6.40. The maximum absolute atomic E-state index is 5.55. The summed E-state index contributed by atoms with van der Waals surface area (Å²) >= 11 is 6.89. The number of ether oxygens (including phenoxy) is 1. The van der Waals surface area contributed by atoms with Gasteiger partial charge in [-0.2, -0.15) is 0 Å². The van der Waals surface area contributed by atoms with E-state index in [1.54, 1.807) is 11.8 Å². The third kappa shape index (κ3) is 4.59. The van der Waals surface area contributed by atoms with Crippen LogP contribution in [0.1, 0.15) is 13.3 Å². The number of likely N-dealkylation sites (N-methyl/N-ethyl adjacent to an activating group) is 1. The number of morpholine rings is 1. The van der Waals surface area contributed by atoms with Crippen LogP contribution in [0.3, 0.4) is 0 Å². The molecular formula is C9H18N2OS2. The fraction of sp³-hybridized carbons (Fsp3) is 0.889. The van der Waals surface area contributed by atoms with Crippen LogP contribution in [0, 0.1) is 0 Å². The molecule has 1 N–H and O–H groups in total. The van der Waals surface area contributed by atoms with Gasteiger partial charge in [0.25, 0.3) is 0 Å². The van der Waals surface area contributed by atoms with E-state index in [4.69, 9.17) is 17.0 Å². The van der Waals surface area contributed by atoms with Gasteiger partial charge in [0.05, 0.1) is 6.61 Å². The average molecular weight is 234 g/mol. The van der Waals surface area contributed by atoms with Crippen molar-refractivity contribution in [1.82, 2.24) is 10.2 Å². The smallest absolute Gasteiger partial charge is 0.141 e. The lowest BCUT2D eigenvalue weighted by Crippen LogP contribution is -2.48. The Bertz CT molecular complexity index is 190. The van der Waals surface area contributed by atoms with Gasteiger partial charge < -0.3 is 10.1 Å². The Morgan fingerprint density at radius 1 is 1.71 bits per heavy atom. The van der Waals surface area contributed by atoms with Crippen LogP contribution in [-0.4, -0.2) is 47.9 Å². The number of thiocarbonyl (C=S) groups is 1. The minimum Gasteiger partial charge on any atom is -0.356 e. The summed E-state index contributed by atoms with van der Waals surface area (Å²) in [5.74, 6) is 1.08. The van der Waals surface area contributed by atoms with Crippen LogP contribution in [0.15, 0.2) is 0 Å². The minimum atomic E-state index is 0.0746. The molecule has 0 aliphatic carbocycles. The summed E-state index contributed by atoms with van der Waals surface area (Å²) in [6.07, 6.45) is 1.23. The first-order chi connectivity index (χ1) is 6.72. The molecule has 1 rings (SSSR count). The van der Waals surface area contributed by atoms with Crippen LogP contribution < -0.4 is 5.32 Å². The highest BCUT2D eigenvalue weighted by Crippen LogP contribution is 2.07. The first-order valence-electron chi connectivity index (χ1n) is 4.96. The van der Waals surface area contributed by atoms with Crippen molar-refractivity contribution >= 4 is 28.3 Å². The van der Waals surface area contributed by atoms with Crippen molar-refractivity contribution in [3.05, 3.63) is 0 Å². The van der Waals surface area contributed by atoms with Gasteiger partial charge in [0.15, 0.2) is 0 Å². The van der Waals surface area contributed by atoms with Gasteiger partial charge in [0.2, 0.25) is 0 Å². The lowest BCUT2D eigenvalue weighted by atomic mass is 10.4. The predicted molar refractivity (Wildman–Crippen MR) is 65.7 cm³/mol. The van der Waals surface area contributed by atoms with Crippen LogP contribution in [-0.2, 0) is 4.74 Å². The third-order valence-corrected chi connectivity index (χ3v) is 3.45. The summed E-state index contributed by atoms with van der Waals surface area (Å²) in [7, 11) is 2.10. The molecular weight excluding hydrogens is 216 g/mol. The Morgan fingerprint density at radius 2 is 2.50 bits per heavy atom. The number of nitrogens with zero attached hydrogens (tertiary/aromatic N) is 1. The molecule has 0 aromatic rings. The van der Waals surface area contributed by atoms with Gasteiger partial charge in [0.1, 0.15) is 10.5 Å². The molecule has 14 heavy (non-hydrogen) atoms. The SMILES string of the molecule is CCCSC(=S)NC1CN(C)CCO1. The van der Waals surface area contributed by atoms with Crippen LogP contribution in [0.2, 0.25) is 0 Å². The number of nitrogens with one attached hydrogen (secondary N) is 1. The second-order valence-electron chi connectivity index (χ2n) is 3.40. The van der Waals surface area contributed by atoms with Crippen molar-refractivity contribution in [3.8, 4) is 0 Å². The Morgan fingerprint density at radius 3 is 3.14 bits per heavy atom. The monoisotopic (exact) mass is 234 g/mol. The van der Waals surface area contributed by atoms with Gasteiger partial charge in [-0.25, -0.2) is 0 Å². The summed E-state index contributed by atoms with van der Waals surface area (Å²) in [4.78, 5) is 2.24. The van der Waals surface area contributed by atoms with Crippen molar-refractivity contribution in [3.63, 3.8) is 0 Å². The minimum absolute atomic E-state index is 0.0746. The molecule has 1 heterocycles. The molecule has 1 atom stereocenters. The molecule has 0 saturated carbocycles. The normalized spacial score (nSPS) is 23.4. The molecule has 0 aromatic heterocycles. The number of hydrogen-bond acceptors (Lipinski definition) is 4. The highest BCUT2D eigenvalue weighted by atomic mass is 32.2. The Labute approximate surface area is 95.6 Å². The van der Waals surface area contributed by atoms with Gasteiger partial charge in [-0.3, -0.25) is 4.90 Å². The summed E-state index contributed by atoms with van der Waals surface area (Å²) in [6.45, 7) is 4.86. The molecule has 1 aliphatic heterocycles. The van der Waals surface area contributed by atoms with Gasteiger partial charge >= 0.3 is 0 Å². The second kappa shape index (κ2) is 6.61. The van der Waals surface area contributed by atoms with Gasteiger partial charge in [-0.15, -0.1) is 0 Å². The largest absolute Gasteiger partial charge is 0.356 e. The molecule has 1 saturated heterocycles. The lowest BCUT2D eigenvalue weighted by molar-refractivity contribution is -0.0261. The molecule has 0 bridgehead atoms. The molecule has 3 nitrogen and oxygen atoms in total. The van der Waals surface area contributed by atoms with Crippen molar-refractivity contribution in [1.29, 1.82) is 0 Å². The standard InChI is InChI=1S/C9H18N2OS2/c1-3-6-14-9(13)10-8-7-11(2)4-5-12-8/h8H,3-7H2,1-2H3,(H,10,13). The van der Waals surface area contributed by atoms with E-state index in [1.165, 1.54) is 0 Å². The second-order valence-corrected chi connectivity index (χ2v) is 5.17. The van der Waals surface area contributed by atoms with E-state index in [2.05, 4.69) is 24.2 Å². The molecule has 1 fully saturated rings. The zero-order valence-corrected chi connectivity index (χ0v) is 10.4. The lowest BCUT2D eigenvalue weighted by Gasteiger charge is -2.30. The van der Waals surface area contributed by atoms with Crippen molar-refractivity contribution < 1.29 is 4.74 Å². The molecule has 82 valence electrons. The fourth-order valence-corrected chi connectivity index (χ4v) is 2.22. The summed E-state index contributed by atoms with van der Waals surface area (Å²) in [5.41, 5.74) is 0. The maximum Gasteiger partial charge on any atom is 0.141 e. The molecule has 1 aliphatic rings. The van der Waals surface area contributed by atoms with E-state index >= 15 is 0 Å². The van der Waals surface area contributed by atoms with Gasteiger partial charge in [0, 0.05) is 13.1 Å². The first kappa shape index (κ1) is 12.2. The molecule has 1 unspecified atom stereocenters. The maximum atomic E-state index is 5.55. The Hall–Kier alpha value is 0.160. The number of rotatable bonds is 3. The van der Waals surface area contributed by atoms with Crippen molar-refractivity contribution in [2.45, 2.75) is 19.6 Å². The summed E-state index contributed by atoms with van der Waals surface area (Å²) in [5, 5.41) is 3.21. The van der Waals surface area contributed by atoms with Crippen molar-refractivity contribution in [2.75, 3.05) is 32.5 Å². The van der Waals surface area contributed by atoms with E-state index in [-0.39, 0.29) is 6.23 Å². The third-order valence-electron chi connectivity index (χ3n) is 1.99. The Balaban J connectivity index is 2.18. The van der Waals surface area contributed by atoms with E-state index < -0.39 is 0 Å². The van der Waals surface area contributed by atoms with Crippen LogP contribution >= 0.6 is 24.0 Å². The van der Waals surface area contributed by atoms with E-state index in [0.717, 1.165) is 36.2 Å². The first-order valence-corrected chi connectivity index (χ1v) is 6.35. The predicted octanol–water partition coefficient (Wildman–Crippen LogP) is 1.29. The van der Waals surface area contributed by atoms with Crippen LogP contribution in [0.25, 0.3) is 0 Å². The number of hydrogen-bond donors (Lipinski definition) is 1. The van der Waals surface area contributed by atoms with Gasteiger partial charge in [-0.1, -0.05) is 30.9 Å². The van der Waals surface area contributed by atoms with E-state index in [9.17, 15) is 0 Å². The summed E-state index contributed by atoms with van der Waals surface area (Å²) in [6, 6.07) is 0. The van der Waals surface area contributed by atoms with Crippen molar-refractivity contribution in [2.24, 2.45) is 0 Å². The highest BCUT2D eigenvalue weighted by molar-refractivity contribution is 8.22. The quantitative estimate of drug-likeness (QED) is 0.742. The van der Waals surface area contributed by atoms with E-state index in [1.807, 2.05) is 0 Å².